The van der Waals surface area contributed by atoms with Crippen LogP contribution in [0.4, 0.5) is 4.39 Å². The number of nitrogens with one attached hydrogen (secondary N) is 1. The predicted molar refractivity (Wildman–Crippen MR) is 33.0 cm³/mol. The summed E-state index contributed by atoms with van der Waals surface area (Å²) in [7, 11) is 0. The van der Waals surface area contributed by atoms with Crippen LogP contribution in [0.1, 0.15) is 12.8 Å². The zero-order valence-electron chi connectivity index (χ0n) is 5.31. The van der Waals surface area contributed by atoms with Crippen LogP contribution in [0, 0.1) is 0 Å². The van der Waals surface area contributed by atoms with E-state index in [1.165, 1.54) is 0 Å². The fraction of sp³-hybridized carbons (Fsp3) is 1.00. The number of rotatable bonds is 0. The first-order valence-corrected chi connectivity index (χ1v) is 3.33. The van der Waals surface area contributed by atoms with Crippen molar-refractivity contribution in [3.8, 4) is 0 Å². The molecular weight excluding hydrogens is 121 g/mol. The number of aliphatic hydroxyl groups is 1. The van der Waals surface area contributed by atoms with Gasteiger partial charge in [0.15, 0.2) is 0 Å². The average Bonchev–Trinajstić information content (AvgIpc) is 1.99. The van der Waals surface area contributed by atoms with Gasteiger partial charge < -0.3 is 10.4 Å². The predicted octanol–water partition coefficient (Wildman–Crippen LogP) is 0.0688. The molecule has 9 heavy (non-hydrogen) atoms. The molecule has 1 heterocycles. The molecule has 0 aliphatic carbocycles. The zero-order valence-corrected chi connectivity index (χ0v) is 5.31. The Morgan fingerprint density at radius 2 is 2.33 bits per heavy atom. The van der Waals surface area contributed by atoms with Crippen LogP contribution in [0.3, 0.4) is 0 Å². The van der Waals surface area contributed by atoms with E-state index in [9.17, 15) is 4.39 Å². The number of hydrogen-bond acceptors (Lipinski definition) is 2. The highest BCUT2D eigenvalue weighted by atomic mass is 19.1. The van der Waals surface area contributed by atoms with Crippen molar-refractivity contribution in [2.24, 2.45) is 0 Å². The van der Waals surface area contributed by atoms with E-state index in [0.717, 1.165) is 13.0 Å². The van der Waals surface area contributed by atoms with Crippen LogP contribution in [0.15, 0.2) is 0 Å². The van der Waals surface area contributed by atoms with Crippen LogP contribution < -0.4 is 5.32 Å². The third kappa shape index (κ3) is 1.91. The van der Waals surface area contributed by atoms with Crippen LogP contribution in [0.25, 0.3) is 0 Å². The van der Waals surface area contributed by atoms with Crippen molar-refractivity contribution in [2.45, 2.75) is 25.1 Å². The van der Waals surface area contributed by atoms with Gasteiger partial charge in [-0.05, 0) is 19.4 Å². The highest BCUT2D eigenvalue weighted by Gasteiger charge is 2.19. The van der Waals surface area contributed by atoms with E-state index in [4.69, 9.17) is 5.11 Å². The number of alkyl halides is 1. The molecular formula is C6H12FNO. The van der Waals surface area contributed by atoms with E-state index >= 15 is 0 Å². The molecule has 0 aromatic rings. The van der Waals surface area contributed by atoms with Gasteiger partial charge in [-0.2, -0.15) is 0 Å². The van der Waals surface area contributed by atoms with Gasteiger partial charge in [0.05, 0.1) is 6.10 Å². The first-order chi connectivity index (χ1) is 4.30. The molecule has 1 aliphatic rings. The van der Waals surface area contributed by atoms with Gasteiger partial charge in [-0.25, -0.2) is 4.39 Å². The molecule has 0 spiro atoms. The van der Waals surface area contributed by atoms with Crippen molar-refractivity contribution in [3.63, 3.8) is 0 Å². The van der Waals surface area contributed by atoms with Gasteiger partial charge in [-0.15, -0.1) is 0 Å². The van der Waals surface area contributed by atoms with Gasteiger partial charge in [0.1, 0.15) is 6.17 Å². The number of halogens is 1. The molecule has 3 heteroatoms. The van der Waals surface area contributed by atoms with Crippen molar-refractivity contribution in [3.05, 3.63) is 0 Å². The maximum Gasteiger partial charge on any atom is 0.127 e. The summed E-state index contributed by atoms with van der Waals surface area (Å²) in [4.78, 5) is 0. The van der Waals surface area contributed by atoms with Crippen molar-refractivity contribution in [2.75, 3.05) is 13.1 Å². The Morgan fingerprint density at radius 1 is 1.56 bits per heavy atom. The topological polar surface area (TPSA) is 32.3 Å². The molecule has 0 unspecified atom stereocenters. The number of β-amino-alcohol motifs (C(OH)–C–C–N with tert-alkyl or cyclic N) is 1. The molecule has 0 aromatic heterocycles. The number of hydrogen-bond donors (Lipinski definition) is 2. The zero-order chi connectivity index (χ0) is 6.69. The normalized spacial score (nSPS) is 38.0. The largest absolute Gasteiger partial charge is 0.389 e. The lowest BCUT2D eigenvalue weighted by molar-refractivity contribution is 0.0813. The van der Waals surface area contributed by atoms with Gasteiger partial charge in [-0.3, -0.25) is 0 Å². The fourth-order valence-corrected chi connectivity index (χ4v) is 0.992. The van der Waals surface area contributed by atoms with E-state index in [1.807, 2.05) is 0 Å². The highest BCUT2D eigenvalue weighted by Crippen LogP contribution is 2.08. The molecule has 0 bridgehead atoms. The second-order valence-corrected chi connectivity index (χ2v) is 2.43. The van der Waals surface area contributed by atoms with E-state index in [-0.39, 0.29) is 0 Å². The monoisotopic (exact) mass is 133 g/mol. The summed E-state index contributed by atoms with van der Waals surface area (Å²) in [5.74, 6) is 0. The van der Waals surface area contributed by atoms with E-state index in [2.05, 4.69) is 5.32 Å². The molecule has 54 valence electrons. The van der Waals surface area contributed by atoms with Crippen LogP contribution in [-0.2, 0) is 0 Å². The minimum Gasteiger partial charge on any atom is -0.389 e. The van der Waals surface area contributed by atoms with Crippen LogP contribution in [-0.4, -0.2) is 30.5 Å². The highest BCUT2D eigenvalue weighted by molar-refractivity contribution is 4.73. The van der Waals surface area contributed by atoms with Crippen molar-refractivity contribution in [1.82, 2.24) is 5.32 Å². The quantitative estimate of drug-likeness (QED) is 0.490. The van der Waals surface area contributed by atoms with Gasteiger partial charge >= 0.3 is 0 Å². The van der Waals surface area contributed by atoms with E-state index < -0.39 is 12.3 Å². The molecule has 0 saturated carbocycles. The summed E-state index contributed by atoms with van der Waals surface area (Å²) in [6, 6.07) is 0. The van der Waals surface area contributed by atoms with Crippen LogP contribution >= 0.6 is 0 Å². The summed E-state index contributed by atoms with van der Waals surface area (Å²) >= 11 is 0. The van der Waals surface area contributed by atoms with Gasteiger partial charge in [0.25, 0.3) is 0 Å². The average molecular weight is 133 g/mol. The maximum atomic E-state index is 12.5. The van der Waals surface area contributed by atoms with Gasteiger partial charge in [0.2, 0.25) is 0 Å². The Kier molecular flexibility index (Phi) is 2.42. The Balaban J connectivity index is 2.32. The summed E-state index contributed by atoms with van der Waals surface area (Å²) in [6.07, 6.45) is -0.473. The molecule has 0 aromatic carbocycles. The molecule has 1 fully saturated rings. The van der Waals surface area contributed by atoms with Gasteiger partial charge in [0, 0.05) is 6.54 Å². The molecule has 2 atom stereocenters. The maximum absolute atomic E-state index is 12.5. The van der Waals surface area contributed by atoms with E-state index in [0.29, 0.717) is 13.0 Å². The molecule has 1 saturated heterocycles. The van der Waals surface area contributed by atoms with Crippen molar-refractivity contribution < 1.29 is 9.50 Å². The molecule has 2 nitrogen and oxygen atoms in total. The van der Waals surface area contributed by atoms with Crippen LogP contribution in [0.2, 0.25) is 0 Å². The van der Waals surface area contributed by atoms with E-state index in [1.54, 1.807) is 0 Å². The first kappa shape index (κ1) is 6.96. The minimum absolute atomic E-state index is 0.404. The molecule has 1 rings (SSSR count). The van der Waals surface area contributed by atoms with Crippen molar-refractivity contribution in [1.29, 1.82) is 0 Å². The summed E-state index contributed by atoms with van der Waals surface area (Å²) in [6.45, 7) is 1.23. The molecule has 0 amide bonds. The molecule has 1 aliphatic heterocycles. The molecule has 0 radical (unpaired) electrons. The summed E-state index contributed by atoms with van der Waals surface area (Å²) < 4.78 is 12.5. The number of aliphatic hydroxyl groups excluding tert-OH is 1. The second-order valence-electron chi connectivity index (χ2n) is 2.43. The molecule has 2 N–H and O–H groups in total. The standard InChI is InChI=1S/C6H12FNO/c7-5-2-1-3-8-4-6(5)9/h5-6,8-9H,1-4H2/t5-,6+/m0/s1. The van der Waals surface area contributed by atoms with Crippen molar-refractivity contribution >= 4 is 0 Å². The van der Waals surface area contributed by atoms with Crippen LogP contribution in [0.5, 0.6) is 0 Å². The smallest absolute Gasteiger partial charge is 0.127 e. The minimum atomic E-state index is -1.01. The first-order valence-electron chi connectivity index (χ1n) is 3.33. The third-order valence-corrected chi connectivity index (χ3v) is 1.60. The Bertz CT molecular complexity index is 79.1. The lowest BCUT2D eigenvalue weighted by Gasteiger charge is -2.09. The second kappa shape index (κ2) is 3.13. The summed E-state index contributed by atoms with van der Waals surface area (Å²) in [5.41, 5.74) is 0. The fourth-order valence-electron chi connectivity index (χ4n) is 0.992. The summed E-state index contributed by atoms with van der Waals surface area (Å²) in [5, 5.41) is 11.9. The Labute approximate surface area is 54.1 Å². The Morgan fingerprint density at radius 3 is 3.11 bits per heavy atom. The SMILES string of the molecule is O[C@@H]1CNCCC[C@@H]1F. The Hall–Kier alpha value is -0.150. The van der Waals surface area contributed by atoms with Gasteiger partial charge in [-0.1, -0.05) is 0 Å². The lowest BCUT2D eigenvalue weighted by Crippen LogP contribution is -2.30. The lowest BCUT2D eigenvalue weighted by atomic mass is 10.1. The third-order valence-electron chi connectivity index (χ3n) is 1.60.